The predicted octanol–water partition coefficient (Wildman–Crippen LogP) is 3.96. The maximum atomic E-state index is 4.20. The van der Waals surface area contributed by atoms with Crippen LogP contribution in [-0.2, 0) is 6.42 Å². The number of fused-ring (bicyclic) bond motifs is 1. The number of hydrogen-bond donors (Lipinski definition) is 0. The monoisotopic (exact) mass is 221 g/mol. The van der Waals surface area contributed by atoms with Crippen molar-refractivity contribution in [2.24, 2.45) is 0 Å². The fourth-order valence-corrected chi connectivity index (χ4v) is 2.58. The van der Waals surface area contributed by atoms with Crippen LogP contribution in [0.15, 0.2) is 48.8 Å². The molecule has 0 N–H and O–H groups in total. The largest absolute Gasteiger partial charge is 0.264 e. The molecule has 0 atom stereocenters. The van der Waals surface area contributed by atoms with Gasteiger partial charge in [0, 0.05) is 12.4 Å². The van der Waals surface area contributed by atoms with Gasteiger partial charge in [-0.1, -0.05) is 30.3 Å². The molecule has 0 radical (unpaired) electrons. The Morgan fingerprint density at radius 3 is 2.76 bits per heavy atom. The third-order valence-corrected chi connectivity index (χ3v) is 3.53. The summed E-state index contributed by atoms with van der Waals surface area (Å²) in [6.45, 7) is 2.20. The van der Waals surface area contributed by atoms with Gasteiger partial charge in [0.15, 0.2) is 0 Å². The summed E-state index contributed by atoms with van der Waals surface area (Å²) < 4.78 is 0. The van der Waals surface area contributed by atoms with Gasteiger partial charge in [-0.15, -0.1) is 0 Å². The number of benzene rings is 1. The molecule has 1 aromatic heterocycles. The van der Waals surface area contributed by atoms with Crippen LogP contribution in [0.3, 0.4) is 0 Å². The molecule has 0 fully saturated rings. The van der Waals surface area contributed by atoms with Gasteiger partial charge in [-0.3, -0.25) is 4.98 Å². The lowest BCUT2D eigenvalue weighted by Crippen LogP contribution is -1.86. The first-order valence-electron chi connectivity index (χ1n) is 6.04. The highest BCUT2D eigenvalue weighted by Gasteiger charge is 2.17. The zero-order valence-electron chi connectivity index (χ0n) is 9.98. The van der Waals surface area contributed by atoms with E-state index in [1.54, 1.807) is 0 Å². The van der Waals surface area contributed by atoms with Gasteiger partial charge in [0.2, 0.25) is 0 Å². The summed E-state index contributed by atoms with van der Waals surface area (Å²) >= 11 is 0. The van der Waals surface area contributed by atoms with Crippen molar-refractivity contribution >= 4 is 11.1 Å². The summed E-state index contributed by atoms with van der Waals surface area (Å²) in [5.74, 6) is 0. The van der Waals surface area contributed by atoms with Crippen molar-refractivity contribution in [3.8, 4) is 0 Å². The molecule has 1 aromatic carbocycles. The predicted molar refractivity (Wildman–Crippen MR) is 71.5 cm³/mol. The standard InChI is InChI=1S/C16H15N/c1-12(14-6-4-10-17-11-14)15-9-8-13-5-2-3-7-16(13)15/h2-7,10-11H,8-9H2,1H3. The Hall–Kier alpha value is -1.89. The molecule has 1 aliphatic rings. The van der Waals surface area contributed by atoms with Crippen molar-refractivity contribution in [2.45, 2.75) is 19.8 Å². The Bertz CT molecular complexity index is 567. The maximum Gasteiger partial charge on any atom is 0.0343 e. The molecular formula is C16H15N. The van der Waals surface area contributed by atoms with Gasteiger partial charge >= 0.3 is 0 Å². The molecule has 1 heteroatoms. The number of rotatable bonds is 1. The maximum absolute atomic E-state index is 4.20. The molecule has 0 saturated heterocycles. The van der Waals surface area contributed by atoms with Gasteiger partial charge in [-0.25, -0.2) is 0 Å². The van der Waals surface area contributed by atoms with E-state index in [1.807, 2.05) is 18.5 Å². The van der Waals surface area contributed by atoms with E-state index in [9.17, 15) is 0 Å². The Morgan fingerprint density at radius 2 is 1.94 bits per heavy atom. The number of allylic oxidation sites excluding steroid dienone is 2. The van der Waals surface area contributed by atoms with E-state index in [0.717, 1.165) is 6.42 Å². The molecule has 1 aliphatic carbocycles. The summed E-state index contributed by atoms with van der Waals surface area (Å²) in [4.78, 5) is 4.20. The van der Waals surface area contributed by atoms with Gasteiger partial charge in [-0.05, 0) is 53.7 Å². The molecule has 3 rings (SSSR count). The quantitative estimate of drug-likeness (QED) is 0.710. The van der Waals surface area contributed by atoms with Crippen LogP contribution in [0.2, 0.25) is 0 Å². The van der Waals surface area contributed by atoms with Crippen molar-refractivity contribution in [3.05, 3.63) is 65.5 Å². The summed E-state index contributed by atoms with van der Waals surface area (Å²) in [7, 11) is 0. The molecule has 0 spiro atoms. The van der Waals surface area contributed by atoms with Crippen molar-refractivity contribution in [3.63, 3.8) is 0 Å². The zero-order chi connectivity index (χ0) is 11.7. The average molecular weight is 221 g/mol. The van der Waals surface area contributed by atoms with E-state index < -0.39 is 0 Å². The van der Waals surface area contributed by atoms with Crippen molar-refractivity contribution < 1.29 is 0 Å². The molecule has 1 nitrogen and oxygen atoms in total. The molecule has 0 unspecified atom stereocenters. The first-order chi connectivity index (χ1) is 8.36. The third kappa shape index (κ3) is 1.78. The minimum Gasteiger partial charge on any atom is -0.264 e. The number of aryl methyl sites for hydroxylation is 1. The van der Waals surface area contributed by atoms with Crippen LogP contribution in [0.5, 0.6) is 0 Å². The Morgan fingerprint density at radius 1 is 1.06 bits per heavy atom. The molecule has 0 aliphatic heterocycles. The second kappa shape index (κ2) is 4.17. The van der Waals surface area contributed by atoms with Gasteiger partial charge < -0.3 is 0 Å². The van der Waals surface area contributed by atoms with E-state index in [1.165, 1.54) is 34.3 Å². The number of pyridine rings is 1. The molecule has 84 valence electrons. The van der Waals surface area contributed by atoms with Crippen molar-refractivity contribution in [2.75, 3.05) is 0 Å². The van der Waals surface area contributed by atoms with Gasteiger partial charge in [0.05, 0.1) is 0 Å². The fraction of sp³-hybridized carbons (Fsp3) is 0.188. The summed E-state index contributed by atoms with van der Waals surface area (Å²) in [6.07, 6.45) is 6.09. The summed E-state index contributed by atoms with van der Waals surface area (Å²) in [5, 5.41) is 0. The normalized spacial score (nSPS) is 16.8. The topological polar surface area (TPSA) is 12.9 Å². The van der Waals surface area contributed by atoms with E-state index in [-0.39, 0.29) is 0 Å². The Kier molecular flexibility index (Phi) is 2.52. The SMILES string of the molecule is CC(=C1CCc2ccccc21)c1cccnc1. The second-order valence-electron chi connectivity index (χ2n) is 4.50. The number of nitrogens with zero attached hydrogens (tertiary/aromatic N) is 1. The molecule has 1 heterocycles. The van der Waals surface area contributed by atoms with Crippen molar-refractivity contribution in [1.29, 1.82) is 0 Å². The van der Waals surface area contributed by atoms with Crippen LogP contribution in [0.4, 0.5) is 0 Å². The molecular weight excluding hydrogens is 206 g/mol. The van der Waals surface area contributed by atoms with Crippen LogP contribution in [-0.4, -0.2) is 4.98 Å². The number of aromatic nitrogens is 1. The highest BCUT2D eigenvalue weighted by molar-refractivity contribution is 5.92. The highest BCUT2D eigenvalue weighted by Crippen LogP contribution is 2.37. The fourth-order valence-electron chi connectivity index (χ4n) is 2.58. The molecule has 17 heavy (non-hydrogen) atoms. The molecule has 2 aromatic rings. The molecule has 0 bridgehead atoms. The summed E-state index contributed by atoms with van der Waals surface area (Å²) in [6, 6.07) is 12.9. The van der Waals surface area contributed by atoms with E-state index in [4.69, 9.17) is 0 Å². The second-order valence-corrected chi connectivity index (χ2v) is 4.50. The minimum absolute atomic E-state index is 1.15. The van der Waals surface area contributed by atoms with Crippen LogP contribution in [0.25, 0.3) is 11.1 Å². The summed E-state index contributed by atoms with van der Waals surface area (Å²) in [5.41, 5.74) is 6.98. The lowest BCUT2D eigenvalue weighted by atomic mass is 9.98. The third-order valence-electron chi connectivity index (χ3n) is 3.53. The zero-order valence-corrected chi connectivity index (χ0v) is 9.98. The van der Waals surface area contributed by atoms with Crippen LogP contribution >= 0.6 is 0 Å². The molecule has 0 amide bonds. The van der Waals surface area contributed by atoms with Crippen LogP contribution in [0, 0.1) is 0 Å². The van der Waals surface area contributed by atoms with Gasteiger partial charge in [0.25, 0.3) is 0 Å². The van der Waals surface area contributed by atoms with E-state index in [0.29, 0.717) is 0 Å². The van der Waals surface area contributed by atoms with E-state index in [2.05, 4.69) is 42.2 Å². The highest BCUT2D eigenvalue weighted by atomic mass is 14.6. The lowest BCUT2D eigenvalue weighted by Gasteiger charge is -2.07. The average Bonchev–Trinajstić information content (AvgIpc) is 2.83. The van der Waals surface area contributed by atoms with Crippen molar-refractivity contribution in [1.82, 2.24) is 4.98 Å². The Labute approximate surface area is 102 Å². The van der Waals surface area contributed by atoms with Gasteiger partial charge in [0.1, 0.15) is 0 Å². The lowest BCUT2D eigenvalue weighted by molar-refractivity contribution is 1.08. The van der Waals surface area contributed by atoms with Crippen LogP contribution < -0.4 is 0 Å². The minimum atomic E-state index is 1.15. The van der Waals surface area contributed by atoms with Crippen LogP contribution in [0.1, 0.15) is 30.0 Å². The van der Waals surface area contributed by atoms with E-state index >= 15 is 0 Å². The first-order valence-corrected chi connectivity index (χ1v) is 6.04. The molecule has 0 saturated carbocycles. The Balaban J connectivity index is 2.12. The first kappa shape index (κ1) is 10.3. The number of hydrogen-bond acceptors (Lipinski definition) is 1. The van der Waals surface area contributed by atoms with Gasteiger partial charge in [-0.2, -0.15) is 0 Å². The smallest absolute Gasteiger partial charge is 0.0343 e.